The predicted octanol–water partition coefficient (Wildman–Crippen LogP) is 3.74. The number of non-ortho nitro benzene ring substituents is 1. The van der Waals surface area contributed by atoms with Gasteiger partial charge in [0.2, 0.25) is 5.91 Å². The van der Waals surface area contributed by atoms with Crippen LogP contribution in [0.25, 0.3) is 0 Å². The third-order valence-electron chi connectivity index (χ3n) is 5.28. The molecule has 11 heteroatoms. The first-order chi connectivity index (χ1) is 16.8. The zero-order valence-corrected chi connectivity index (χ0v) is 20.6. The first kappa shape index (κ1) is 25.9. The van der Waals surface area contributed by atoms with Gasteiger partial charge in [0.05, 0.1) is 16.7 Å². The van der Waals surface area contributed by atoms with Crippen LogP contribution in [0.1, 0.15) is 48.6 Å². The number of nitro groups is 1. The second-order valence-corrected chi connectivity index (χ2v) is 9.08. The average Bonchev–Trinajstić information content (AvgIpc) is 3.27. The van der Waals surface area contributed by atoms with Crippen LogP contribution in [-0.2, 0) is 17.9 Å². The van der Waals surface area contributed by atoms with Crippen LogP contribution < -0.4 is 10.6 Å². The Morgan fingerprint density at radius 3 is 2.51 bits per heavy atom. The van der Waals surface area contributed by atoms with Gasteiger partial charge in [0.15, 0.2) is 11.0 Å². The highest BCUT2D eigenvalue weighted by Crippen LogP contribution is 2.26. The van der Waals surface area contributed by atoms with Gasteiger partial charge in [-0.1, -0.05) is 62.0 Å². The molecule has 35 heavy (non-hydrogen) atoms. The van der Waals surface area contributed by atoms with E-state index in [9.17, 15) is 19.7 Å². The van der Waals surface area contributed by atoms with E-state index < -0.39 is 16.9 Å². The van der Waals surface area contributed by atoms with E-state index in [1.165, 1.54) is 36.0 Å². The standard InChI is InChI=1S/C24H28N6O4S/c1-4-29-22(21(16(2)3)26-23(32)18-11-8-12-19(13-18)30(33)34)27-28-24(29)35-15-20(31)25-14-17-9-6-5-7-10-17/h5-13,16,21H,4,14-15H2,1-3H3,(H,25,31)(H,26,32)/t21-/m1/s1. The molecular formula is C24H28N6O4S. The number of carbonyl (C=O) groups excluding carboxylic acids is 2. The lowest BCUT2D eigenvalue weighted by atomic mass is 10.0. The zero-order valence-electron chi connectivity index (χ0n) is 19.8. The van der Waals surface area contributed by atoms with Crippen molar-refractivity contribution < 1.29 is 14.5 Å². The van der Waals surface area contributed by atoms with Crippen molar-refractivity contribution in [2.75, 3.05) is 5.75 Å². The molecule has 0 saturated heterocycles. The van der Waals surface area contributed by atoms with E-state index in [2.05, 4.69) is 20.8 Å². The fourth-order valence-electron chi connectivity index (χ4n) is 3.43. The Balaban J connectivity index is 1.68. The molecule has 3 rings (SSSR count). The lowest BCUT2D eigenvalue weighted by molar-refractivity contribution is -0.384. The number of hydrogen-bond acceptors (Lipinski definition) is 7. The molecule has 0 aliphatic carbocycles. The number of carbonyl (C=O) groups is 2. The monoisotopic (exact) mass is 496 g/mol. The van der Waals surface area contributed by atoms with Crippen LogP contribution in [-0.4, -0.2) is 37.3 Å². The molecule has 0 unspecified atom stereocenters. The van der Waals surface area contributed by atoms with Gasteiger partial charge in [-0.2, -0.15) is 0 Å². The summed E-state index contributed by atoms with van der Waals surface area (Å²) in [5.41, 5.74) is 1.06. The summed E-state index contributed by atoms with van der Waals surface area (Å²) in [6.07, 6.45) is 0. The Morgan fingerprint density at radius 2 is 1.86 bits per heavy atom. The number of thioether (sulfide) groups is 1. The summed E-state index contributed by atoms with van der Waals surface area (Å²) < 4.78 is 1.87. The van der Waals surface area contributed by atoms with Gasteiger partial charge in [0.25, 0.3) is 11.6 Å². The van der Waals surface area contributed by atoms with Crippen molar-refractivity contribution in [1.29, 1.82) is 0 Å². The van der Waals surface area contributed by atoms with E-state index in [1.807, 2.05) is 55.7 Å². The number of benzene rings is 2. The molecule has 2 amide bonds. The second-order valence-electron chi connectivity index (χ2n) is 8.14. The molecular weight excluding hydrogens is 468 g/mol. The van der Waals surface area contributed by atoms with Crippen LogP contribution in [0.2, 0.25) is 0 Å². The maximum Gasteiger partial charge on any atom is 0.270 e. The average molecular weight is 497 g/mol. The van der Waals surface area contributed by atoms with Gasteiger partial charge in [-0.25, -0.2) is 0 Å². The van der Waals surface area contributed by atoms with Gasteiger partial charge in [-0.05, 0) is 24.5 Å². The topological polar surface area (TPSA) is 132 Å². The Labute approximate surface area is 207 Å². The summed E-state index contributed by atoms with van der Waals surface area (Å²) in [6, 6.07) is 14.8. The summed E-state index contributed by atoms with van der Waals surface area (Å²) in [4.78, 5) is 35.7. The SMILES string of the molecule is CCn1c(SCC(=O)NCc2ccccc2)nnc1[C@H](NC(=O)c1cccc([N+](=O)[O-])c1)C(C)C. The molecule has 0 bridgehead atoms. The number of nitrogens with zero attached hydrogens (tertiary/aromatic N) is 4. The normalized spacial score (nSPS) is 11.8. The molecule has 0 aliphatic rings. The van der Waals surface area contributed by atoms with Gasteiger partial charge in [0.1, 0.15) is 0 Å². The van der Waals surface area contributed by atoms with Crippen molar-refractivity contribution >= 4 is 29.3 Å². The van der Waals surface area contributed by atoms with Crippen molar-refractivity contribution in [1.82, 2.24) is 25.4 Å². The Bertz CT molecular complexity index is 1180. The Kier molecular flexibility index (Phi) is 8.96. The first-order valence-electron chi connectivity index (χ1n) is 11.2. The number of rotatable bonds is 11. The van der Waals surface area contributed by atoms with Crippen LogP contribution in [0.15, 0.2) is 59.8 Å². The van der Waals surface area contributed by atoms with Gasteiger partial charge in [0, 0.05) is 30.8 Å². The van der Waals surface area contributed by atoms with E-state index in [-0.39, 0.29) is 28.8 Å². The van der Waals surface area contributed by atoms with Crippen molar-refractivity contribution in [3.05, 3.63) is 81.7 Å². The van der Waals surface area contributed by atoms with Crippen LogP contribution in [0.3, 0.4) is 0 Å². The number of nitro benzene ring substituents is 1. The molecule has 2 N–H and O–H groups in total. The minimum Gasteiger partial charge on any atom is -0.351 e. The van der Waals surface area contributed by atoms with Crippen molar-refractivity contribution in [3.63, 3.8) is 0 Å². The zero-order chi connectivity index (χ0) is 25.4. The molecule has 1 heterocycles. The molecule has 1 aromatic heterocycles. The van der Waals surface area contributed by atoms with Crippen LogP contribution in [0.5, 0.6) is 0 Å². The third-order valence-corrected chi connectivity index (χ3v) is 6.24. The molecule has 1 atom stereocenters. The molecule has 184 valence electrons. The highest BCUT2D eigenvalue weighted by atomic mass is 32.2. The molecule has 0 fully saturated rings. The van der Waals surface area contributed by atoms with Crippen LogP contribution >= 0.6 is 11.8 Å². The highest BCUT2D eigenvalue weighted by molar-refractivity contribution is 7.99. The quantitative estimate of drug-likeness (QED) is 0.235. The minimum atomic E-state index is -0.538. The molecule has 2 aromatic carbocycles. The Morgan fingerprint density at radius 1 is 1.11 bits per heavy atom. The number of hydrogen-bond donors (Lipinski definition) is 2. The van der Waals surface area contributed by atoms with E-state index in [4.69, 9.17) is 0 Å². The maximum atomic E-state index is 12.9. The number of nitrogens with one attached hydrogen (secondary N) is 2. The molecule has 3 aromatic rings. The van der Waals surface area contributed by atoms with Gasteiger partial charge in [-0.3, -0.25) is 19.7 Å². The van der Waals surface area contributed by atoms with E-state index in [0.717, 1.165) is 5.56 Å². The first-order valence-corrected chi connectivity index (χ1v) is 12.2. The predicted molar refractivity (Wildman–Crippen MR) is 133 cm³/mol. The second kappa shape index (κ2) is 12.1. The van der Waals surface area contributed by atoms with Crippen molar-refractivity contribution in [3.8, 4) is 0 Å². The molecule has 10 nitrogen and oxygen atoms in total. The lowest BCUT2D eigenvalue weighted by Crippen LogP contribution is -2.33. The van der Waals surface area contributed by atoms with Crippen molar-refractivity contribution in [2.24, 2.45) is 5.92 Å². The fourth-order valence-corrected chi connectivity index (χ4v) is 4.27. The smallest absolute Gasteiger partial charge is 0.270 e. The fraction of sp³-hybridized carbons (Fsp3) is 0.333. The summed E-state index contributed by atoms with van der Waals surface area (Å²) in [6.45, 7) is 6.82. The number of aromatic nitrogens is 3. The third kappa shape index (κ3) is 6.89. The summed E-state index contributed by atoms with van der Waals surface area (Å²) in [7, 11) is 0. The Hall–Kier alpha value is -3.73. The van der Waals surface area contributed by atoms with E-state index in [1.54, 1.807) is 0 Å². The molecule has 0 radical (unpaired) electrons. The van der Waals surface area contributed by atoms with Crippen molar-refractivity contribution in [2.45, 2.75) is 45.1 Å². The molecule has 0 spiro atoms. The van der Waals surface area contributed by atoms with E-state index >= 15 is 0 Å². The molecule has 0 saturated carbocycles. The summed E-state index contributed by atoms with van der Waals surface area (Å²) >= 11 is 1.27. The number of amides is 2. The largest absolute Gasteiger partial charge is 0.351 e. The van der Waals surface area contributed by atoms with Gasteiger partial charge < -0.3 is 15.2 Å². The van der Waals surface area contributed by atoms with Crippen LogP contribution in [0.4, 0.5) is 5.69 Å². The highest BCUT2D eigenvalue weighted by Gasteiger charge is 2.26. The summed E-state index contributed by atoms with van der Waals surface area (Å²) in [5, 5.41) is 26.0. The lowest BCUT2D eigenvalue weighted by Gasteiger charge is -2.22. The molecule has 0 aliphatic heterocycles. The summed E-state index contributed by atoms with van der Waals surface area (Å²) in [5.74, 6) is 0.155. The van der Waals surface area contributed by atoms with Crippen LogP contribution in [0, 0.1) is 16.0 Å². The van der Waals surface area contributed by atoms with E-state index in [0.29, 0.717) is 24.1 Å². The van der Waals surface area contributed by atoms with Gasteiger partial charge in [-0.15, -0.1) is 10.2 Å². The van der Waals surface area contributed by atoms with Gasteiger partial charge >= 0.3 is 0 Å². The minimum absolute atomic E-state index is 0.0285. The maximum absolute atomic E-state index is 12.9.